The van der Waals surface area contributed by atoms with Crippen molar-refractivity contribution in [3.8, 4) is 5.75 Å². The zero-order chi connectivity index (χ0) is 35.1. The number of hydrogen-bond donors (Lipinski definition) is 0. The van der Waals surface area contributed by atoms with Gasteiger partial charge in [-0.2, -0.15) is 0 Å². The van der Waals surface area contributed by atoms with Gasteiger partial charge in [0, 0.05) is 10.6 Å². The summed E-state index contributed by atoms with van der Waals surface area (Å²) in [5, 5.41) is 0.649. The second-order valence-electron chi connectivity index (χ2n) is 13.0. The van der Waals surface area contributed by atoms with Crippen molar-refractivity contribution in [3.05, 3.63) is 185 Å². The first-order chi connectivity index (χ1) is 25.0. The van der Waals surface area contributed by atoms with Crippen LogP contribution in [0.5, 0.6) is 5.75 Å². The largest absolute Gasteiger partial charge is 0.494 e. The quantitative estimate of drug-likeness (QED) is 0.101. The fourth-order valence-electron chi connectivity index (χ4n) is 6.94. The minimum Gasteiger partial charge on any atom is -0.494 e. The monoisotopic (exact) mass is 702 g/mol. The summed E-state index contributed by atoms with van der Waals surface area (Å²) in [5.41, 5.74) is 4.87. The molecule has 6 nitrogen and oxygen atoms in total. The minimum atomic E-state index is -1.35. The van der Waals surface area contributed by atoms with Gasteiger partial charge in [-0.1, -0.05) is 127 Å². The van der Waals surface area contributed by atoms with E-state index in [9.17, 15) is 0 Å². The van der Waals surface area contributed by atoms with Gasteiger partial charge in [-0.05, 0) is 65.4 Å². The lowest BCUT2D eigenvalue weighted by molar-refractivity contribution is -0.342. The molecular formula is C44H43ClO6. The van der Waals surface area contributed by atoms with Crippen LogP contribution in [0.25, 0.3) is 0 Å². The maximum atomic E-state index is 7.15. The summed E-state index contributed by atoms with van der Waals surface area (Å²) in [7, 11) is 0. The summed E-state index contributed by atoms with van der Waals surface area (Å²) in [5.74, 6) is -0.519. The van der Waals surface area contributed by atoms with Crippen molar-refractivity contribution in [1.29, 1.82) is 0 Å². The van der Waals surface area contributed by atoms with E-state index in [4.69, 9.17) is 40.0 Å². The summed E-state index contributed by atoms with van der Waals surface area (Å²) < 4.78 is 40.3. The molecule has 0 radical (unpaired) electrons. The molecule has 5 aromatic rings. The topological polar surface area (TPSA) is 55.4 Å². The van der Waals surface area contributed by atoms with E-state index >= 15 is 0 Å². The van der Waals surface area contributed by atoms with Gasteiger partial charge in [0.05, 0.1) is 33.0 Å². The Bertz CT molecular complexity index is 1870. The van der Waals surface area contributed by atoms with E-state index in [0.29, 0.717) is 37.9 Å². The lowest BCUT2D eigenvalue weighted by Crippen LogP contribution is -2.65. The number of benzene rings is 5. The Balaban J connectivity index is 1.29. The van der Waals surface area contributed by atoms with Crippen LogP contribution in [-0.2, 0) is 55.7 Å². The molecule has 0 saturated carbocycles. The van der Waals surface area contributed by atoms with Gasteiger partial charge < -0.3 is 28.4 Å². The highest BCUT2D eigenvalue weighted by atomic mass is 35.5. The second-order valence-corrected chi connectivity index (χ2v) is 13.4. The fourth-order valence-corrected chi connectivity index (χ4v) is 7.12. The molecule has 0 aromatic heterocycles. The minimum absolute atomic E-state index is 0.198. The van der Waals surface area contributed by atoms with Crippen LogP contribution < -0.4 is 4.74 Å². The van der Waals surface area contributed by atoms with Gasteiger partial charge in [-0.3, -0.25) is 0 Å². The average Bonchev–Trinajstić information content (AvgIpc) is 3.54. The molecule has 5 aromatic carbocycles. The normalized spacial score (nSPS) is 23.9. The van der Waals surface area contributed by atoms with Crippen molar-refractivity contribution in [3.63, 3.8) is 0 Å². The highest BCUT2D eigenvalue weighted by Crippen LogP contribution is 2.53. The van der Waals surface area contributed by atoms with Crippen molar-refractivity contribution < 1.29 is 28.4 Å². The Morgan fingerprint density at radius 1 is 0.706 bits per heavy atom. The van der Waals surface area contributed by atoms with Gasteiger partial charge in [-0.15, -0.1) is 6.58 Å². The molecule has 0 spiro atoms. The lowest BCUT2D eigenvalue weighted by Gasteiger charge is -2.50. The summed E-state index contributed by atoms with van der Waals surface area (Å²) in [6, 6.07) is 44.3. The molecule has 0 amide bonds. The molecule has 2 aliphatic rings. The first kappa shape index (κ1) is 35.1. The van der Waals surface area contributed by atoms with Crippen LogP contribution in [0.3, 0.4) is 0 Å². The Kier molecular flexibility index (Phi) is 11.0. The van der Waals surface area contributed by atoms with E-state index in [1.54, 1.807) is 6.08 Å². The van der Waals surface area contributed by atoms with Crippen molar-refractivity contribution in [2.24, 2.45) is 0 Å². The highest BCUT2D eigenvalue weighted by Gasteiger charge is 2.68. The zero-order valence-electron chi connectivity index (χ0n) is 28.8. The van der Waals surface area contributed by atoms with Crippen LogP contribution in [0.15, 0.2) is 146 Å². The zero-order valence-corrected chi connectivity index (χ0v) is 29.5. The van der Waals surface area contributed by atoms with E-state index in [2.05, 4.69) is 36.9 Å². The third-order valence-electron chi connectivity index (χ3n) is 9.56. The molecule has 5 atom stereocenters. The predicted molar refractivity (Wildman–Crippen MR) is 199 cm³/mol. The van der Waals surface area contributed by atoms with E-state index in [-0.39, 0.29) is 6.61 Å². The summed E-state index contributed by atoms with van der Waals surface area (Å²) in [4.78, 5) is 0. The SMILES string of the molecule is C=C[C@@]12CO[C@@](c3ccc(Cl)c(Cc4ccc(OCC)cc4)c3)(O1)[C@H](OCc1ccccc1)[C@@H](OCc1ccccc1)[C@@H]2OCc1ccccc1. The van der Waals surface area contributed by atoms with Crippen LogP contribution in [0.4, 0.5) is 0 Å². The molecule has 2 bridgehead atoms. The molecule has 2 heterocycles. The van der Waals surface area contributed by atoms with Crippen LogP contribution >= 0.6 is 11.6 Å². The second kappa shape index (κ2) is 16.0. The Hall–Kier alpha value is -4.27. The number of hydrogen-bond acceptors (Lipinski definition) is 6. The summed E-state index contributed by atoms with van der Waals surface area (Å²) in [6.45, 7) is 8.04. The van der Waals surface area contributed by atoms with E-state index in [0.717, 1.165) is 39.1 Å². The Labute approximate surface area is 305 Å². The van der Waals surface area contributed by atoms with Gasteiger partial charge >= 0.3 is 0 Å². The van der Waals surface area contributed by atoms with Crippen molar-refractivity contribution in [1.82, 2.24) is 0 Å². The van der Waals surface area contributed by atoms with Crippen molar-refractivity contribution >= 4 is 11.6 Å². The van der Waals surface area contributed by atoms with Gasteiger partial charge in [0.2, 0.25) is 5.79 Å². The molecule has 7 heteroatoms. The standard InChI is InChI=1S/C44H43ClO6/c1-3-43-31-50-44(51-43,37-22-25-39(45)36(27-37)26-32-20-23-38(24-21-32)46-4-2)42(49-30-35-18-12-7-13-19-35)40(47-28-33-14-8-5-9-15-33)41(43)48-29-34-16-10-6-11-17-34/h3,5-25,27,40-42H,1,4,26,28-31H2,2H3/t40-,41-,42+,43-,44-/m0/s1. The predicted octanol–water partition coefficient (Wildman–Crippen LogP) is 9.22. The highest BCUT2D eigenvalue weighted by molar-refractivity contribution is 6.31. The molecule has 2 saturated heterocycles. The van der Waals surface area contributed by atoms with Crippen molar-refractivity contribution in [2.75, 3.05) is 13.2 Å². The summed E-state index contributed by atoms with van der Waals surface area (Å²) in [6.07, 6.45) is 0.446. The fraction of sp³-hybridized carbons (Fsp3) is 0.273. The van der Waals surface area contributed by atoms with Crippen LogP contribution in [0.1, 0.15) is 40.3 Å². The number of ether oxygens (including phenoxy) is 6. The maximum absolute atomic E-state index is 7.15. The van der Waals surface area contributed by atoms with E-state index < -0.39 is 29.7 Å². The van der Waals surface area contributed by atoms with Gasteiger partial charge in [0.1, 0.15) is 29.7 Å². The lowest BCUT2D eigenvalue weighted by atomic mass is 9.82. The Morgan fingerprint density at radius 2 is 1.27 bits per heavy atom. The van der Waals surface area contributed by atoms with E-state index in [1.165, 1.54) is 0 Å². The van der Waals surface area contributed by atoms with Gasteiger partial charge in [0.15, 0.2) is 0 Å². The average molecular weight is 703 g/mol. The number of halogens is 1. The third-order valence-corrected chi connectivity index (χ3v) is 9.93. The molecule has 0 N–H and O–H groups in total. The molecule has 7 rings (SSSR count). The van der Waals surface area contributed by atoms with Crippen LogP contribution in [0.2, 0.25) is 5.02 Å². The smallest absolute Gasteiger partial charge is 0.226 e. The maximum Gasteiger partial charge on any atom is 0.226 e. The molecule has 2 fully saturated rings. The molecule has 0 unspecified atom stereocenters. The van der Waals surface area contributed by atoms with Gasteiger partial charge in [0.25, 0.3) is 0 Å². The van der Waals surface area contributed by atoms with Gasteiger partial charge in [-0.25, -0.2) is 0 Å². The molecule has 51 heavy (non-hydrogen) atoms. The Morgan fingerprint density at radius 3 is 1.84 bits per heavy atom. The molecule has 0 aliphatic carbocycles. The third kappa shape index (κ3) is 7.68. The van der Waals surface area contributed by atoms with E-state index in [1.807, 2.05) is 110 Å². The molecule has 262 valence electrons. The first-order valence-corrected chi connectivity index (χ1v) is 17.8. The molecule has 2 aliphatic heterocycles. The number of rotatable bonds is 15. The van der Waals surface area contributed by atoms with Crippen molar-refractivity contribution in [2.45, 2.75) is 62.9 Å². The summed E-state index contributed by atoms with van der Waals surface area (Å²) >= 11 is 6.87. The van der Waals surface area contributed by atoms with Crippen LogP contribution in [0, 0.1) is 0 Å². The first-order valence-electron chi connectivity index (χ1n) is 17.5. The van der Waals surface area contributed by atoms with Crippen LogP contribution in [-0.4, -0.2) is 37.1 Å². The molecular weight excluding hydrogens is 660 g/mol. The number of fused-ring (bicyclic) bond motifs is 2.